The van der Waals surface area contributed by atoms with Gasteiger partial charge in [-0.1, -0.05) is 24.6 Å². The molecule has 114 valence electrons. The number of ketones is 1. The highest BCUT2D eigenvalue weighted by atomic mass is 35.5. The van der Waals surface area contributed by atoms with Crippen molar-refractivity contribution in [1.82, 2.24) is 0 Å². The molecule has 0 aliphatic carbocycles. The van der Waals surface area contributed by atoms with E-state index in [1.54, 1.807) is 13.8 Å². The molecule has 0 saturated carbocycles. The predicted octanol–water partition coefficient (Wildman–Crippen LogP) is 4.01. The third kappa shape index (κ3) is 3.67. The number of allylic oxidation sites excluding steroid dienone is 1. The monoisotopic (exact) mass is 316 g/mol. The molecule has 0 aliphatic heterocycles. The molecule has 0 amide bonds. The number of carbonyl (C=O) groups excluding carboxylic acids is 2. The van der Waals surface area contributed by atoms with Gasteiger partial charge < -0.3 is 4.74 Å². The van der Waals surface area contributed by atoms with Crippen LogP contribution in [0.4, 0.5) is 8.78 Å². The van der Waals surface area contributed by atoms with Gasteiger partial charge in [0.25, 0.3) is 0 Å². The van der Waals surface area contributed by atoms with Crippen LogP contribution in [0.1, 0.15) is 36.2 Å². The van der Waals surface area contributed by atoms with E-state index in [1.165, 1.54) is 13.0 Å². The van der Waals surface area contributed by atoms with E-state index in [4.69, 9.17) is 16.3 Å². The summed E-state index contributed by atoms with van der Waals surface area (Å²) in [6.07, 6.45) is 1.72. The van der Waals surface area contributed by atoms with Crippen molar-refractivity contribution in [2.45, 2.75) is 27.2 Å². The first-order valence-corrected chi connectivity index (χ1v) is 6.78. The first kappa shape index (κ1) is 17.3. The second-order valence-electron chi connectivity index (χ2n) is 4.23. The van der Waals surface area contributed by atoms with Crippen LogP contribution in [0.2, 0.25) is 5.02 Å². The van der Waals surface area contributed by atoms with E-state index in [2.05, 4.69) is 0 Å². The summed E-state index contributed by atoms with van der Waals surface area (Å²) in [5, 5.41) is -0.509. The third-order valence-electron chi connectivity index (χ3n) is 2.78. The maximum absolute atomic E-state index is 13.8. The van der Waals surface area contributed by atoms with Crippen LogP contribution in [0, 0.1) is 18.6 Å². The summed E-state index contributed by atoms with van der Waals surface area (Å²) in [4.78, 5) is 24.1. The van der Waals surface area contributed by atoms with E-state index in [9.17, 15) is 18.4 Å². The Balaban J connectivity index is 3.35. The Labute approximate surface area is 126 Å². The Morgan fingerprint density at radius 2 is 1.95 bits per heavy atom. The van der Waals surface area contributed by atoms with Gasteiger partial charge in [0.15, 0.2) is 0 Å². The van der Waals surface area contributed by atoms with Crippen molar-refractivity contribution in [3.05, 3.63) is 45.5 Å². The SMILES string of the molecule is CCC=C(C(=O)OCC)C(=O)c1cc(F)c(C)c(F)c1Cl. The number of hydrogen-bond acceptors (Lipinski definition) is 3. The highest BCUT2D eigenvalue weighted by Gasteiger charge is 2.26. The summed E-state index contributed by atoms with van der Waals surface area (Å²) >= 11 is 5.75. The molecule has 1 aromatic rings. The maximum atomic E-state index is 13.8. The number of rotatable bonds is 5. The molecular formula is C15H15ClF2O3. The van der Waals surface area contributed by atoms with Crippen LogP contribution in [-0.2, 0) is 9.53 Å². The van der Waals surface area contributed by atoms with Crippen molar-refractivity contribution in [2.75, 3.05) is 6.61 Å². The van der Waals surface area contributed by atoms with Crippen molar-refractivity contribution in [3.63, 3.8) is 0 Å². The van der Waals surface area contributed by atoms with Crippen molar-refractivity contribution in [1.29, 1.82) is 0 Å². The minimum absolute atomic E-state index is 0.0809. The molecule has 0 atom stereocenters. The Hall–Kier alpha value is -1.75. The highest BCUT2D eigenvalue weighted by Crippen LogP contribution is 2.27. The number of benzene rings is 1. The second-order valence-corrected chi connectivity index (χ2v) is 4.61. The average molecular weight is 317 g/mol. The van der Waals surface area contributed by atoms with Gasteiger partial charge in [-0.25, -0.2) is 13.6 Å². The number of hydrogen-bond donors (Lipinski definition) is 0. The van der Waals surface area contributed by atoms with E-state index in [0.29, 0.717) is 6.42 Å². The quantitative estimate of drug-likeness (QED) is 0.206. The molecule has 0 saturated heterocycles. The number of ether oxygens (including phenoxy) is 1. The minimum atomic E-state index is -1.01. The van der Waals surface area contributed by atoms with Gasteiger partial charge in [-0.05, 0) is 26.3 Å². The fourth-order valence-electron chi connectivity index (χ4n) is 1.68. The van der Waals surface area contributed by atoms with Crippen molar-refractivity contribution in [2.24, 2.45) is 0 Å². The van der Waals surface area contributed by atoms with Gasteiger partial charge in [-0.15, -0.1) is 0 Å². The van der Waals surface area contributed by atoms with Crippen LogP contribution in [0.25, 0.3) is 0 Å². The molecule has 6 heteroatoms. The van der Waals surface area contributed by atoms with Gasteiger partial charge in [0.1, 0.15) is 17.2 Å². The van der Waals surface area contributed by atoms with Crippen LogP contribution < -0.4 is 0 Å². The molecule has 21 heavy (non-hydrogen) atoms. The zero-order valence-electron chi connectivity index (χ0n) is 11.9. The number of Topliss-reactive ketones (excluding diaryl/α,β-unsaturated/α-hetero) is 1. The van der Waals surface area contributed by atoms with Gasteiger partial charge in [0, 0.05) is 11.1 Å². The molecule has 0 fully saturated rings. The smallest absolute Gasteiger partial charge is 0.341 e. The molecule has 1 aromatic carbocycles. The fourth-order valence-corrected chi connectivity index (χ4v) is 1.96. The molecule has 0 aliphatic rings. The number of carbonyl (C=O) groups is 2. The molecule has 0 N–H and O–H groups in total. The van der Waals surface area contributed by atoms with Crippen LogP contribution in [0.3, 0.4) is 0 Å². The summed E-state index contributed by atoms with van der Waals surface area (Å²) < 4.78 is 32.1. The Morgan fingerprint density at radius 1 is 1.33 bits per heavy atom. The molecule has 0 aromatic heterocycles. The fraction of sp³-hybridized carbons (Fsp3) is 0.333. The van der Waals surface area contributed by atoms with Gasteiger partial charge >= 0.3 is 5.97 Å². The highest BCUT2D eigenvalue weighted by molar-refractivity contribution is 6.37. The van der Waals surface area contributed by atoms with E-state index >= 15 is 0 Å². The van der Waals surface area contributed by atoms with Crippen molar-refractivity contribution >= 4 is 23.4 Å². The predicted molar refractivity (Wildman–Crippen MR) is 75.4 cm³/mol. The molecule has 0 radical (unpaired) electrons. The molecule has 1 rings (SSSR count). The van der Waals surface area contributed by atoms with E-state index in [0.717, 1.165) is 6.07 Å². The zero-order valence-corrected chi connectivity index (χ0v) is 12.7. The zero-order chi connectivity index (χ0) is 16.2. The molecule has 0 spiro atoms. The van der Waals surface area contributed by atoms with Gasteiger partial charge in [-0.3, -0.25) is 4.79 Å². The average Bonchev–Trinajstić information content (AvgIpc) is 2.45. The largest absolute Gasteiger partial charge is 0.462 e. The number of esters is 1. The molecule has 0 heterocycles. The van der Waals surface area contributed by atoms with Crippen molar-refractivity contribution in [3.8, 4) is 0 Å². The molecule has 0 unspecified atom stereocenters. The van der Waals surface area contributed by atoms with Gasteiger partial charge in [-0.2, -0.15) is 0 Å². The lowest BCUT2D eigenvalue weighted by Gasteiger charge is -2.10. The van der Waals surface area contributed by atoms with E-state index < -0.39 is 34.0 Å². The Bertz CT molecular complexity index is 609. The van der Waals surface area contributed by atoms with E-state index in [1.807, 2.05) is 0 Å². The van der Waals surface area contributed by atoms with Crippen LogP contribution in [-0.4, -0.2) is 18.4 Å². The minimum Gasteiger partial charge on any atom is -0.462 e. The normalized spacial score (nSPS) is 11.4. The summed E-state index contributed by atoms with van der Waals surface area (Å²) in [7, 11) is 0. The summed E-state index contributed by atoms with van der Waals surface area (Å²) in [6, 6.07) is 0.825. The lowest BCUT2D eigenvalue weighted by molar-refractivity contribution is -0.138. The van der Waals surface area contributed by atoms with Gasteiger partial charge in [0.2, 0.25) is 5.78 Å². The van der Waals surface area contributed by atoms with Gasteiger partial charge in [0.05, 0.1) is 11.6 Å². The number of halogens is 3. The second kappa shape index (κ2) is 7.31. The van der Waals surface area contributed by atoms with Crippen molar-refractivity contribution < 1.29 is 23.1 Å². The maximum Gasteiger partial charge on any atom is 0.341 e. The molecule has 3 nitrogen and oxygen atoms in total. The lowest BCUT2D eigenvalue weighted by atomic mass is 10.0. The molecule has 0 bridgehead atoms. The third-order valence-corrected chi connectivity index (χ3v) is 3.15. The summed E-state index contributed by atoms with van der Waals surface area (Å²) in [5.74, 6) is -3.63. The first-order valence-electron chi connectivity index (χ1n) is 6.41. The van der Waals surface area contributed by atoms with E-state index in [-0.39, 0.29) is 17.7 Å². The Kier molecular flexibility index (Phi) is 6.03. The van der Waals surface area contributed by atoms with Crippen LogP contribution in [0.5, 0.6) is 0 Å². The lowest BCUT2D eigenvalue weighted by Crippen LogP contribution is -2.17. The standard InChI is InChI=1S/C15H15ClF2O3/c1-4-6-9(15(20)21-5-2)14(19)10-7-11(17)8(3)13(18)12(10)16/h6-7H,4-5H2,1-3H3. The summed E-state index contributed by atoms with van der Waals surface area (Å²) in [5.41, 5.74) is -0.970. The topological polar surface area (TPSA) is 43.4 Å². The molecular weight excluding hydrogens is 302 g/mol. The first-order chi connectivity index (χ1) is 9.84. The Morgan fingerprint density at radius 3 is 2.48 bits per heavy atom. The van der Waals surface area contributed by atoms with Crippen LogP contribution in [0.15, 0.2) is 17.7 Å². The van der Waals surface area contributed by atoms with Crippen LogP contribution >= 0.6 is 11.6 Å². The summed E-state index contributed by atoms with van der Waals surface area (Å²) in [6.45, 7) is 4.59.